The van der Waals surface area contributed by atoms with Gasteiger partial charge in [0.05, 0.1) is 0 Å². The van der Waals surface area contributed by atoms with Crippen LogP contribution in [0.15, 0.2) is 23.2 Å². The fourth-order valence-electron chi connectivity index (χ4n) is 1.07. The molecule has 1 nitrogen and oxygen atoms in total. The number of halogens is 1. The van der Waals surface area contributed by atoms with Crippen LogP contribution in [0.25, 0.3) is 6.08 Å². The first-order valence-corrected chi connectivity index (χ1v) is 4.67. The van der Waals surface area contributed by atoms with Gasteiger partial charge in [0, 0.05) is 5.03 Å². The molecule has 0 spiro atoms. The van der Waals surface area contributed by atoms with E-state index in [2.05, 4.69) is 0 Å². The van der Waals surface area contributed by atoms with Gasteiger partial charge in [-0.05, 0) is 36.6 Å². The third-order valence-corrected chi connectivity index (χ3v) is 2.37. The van der Waals surface area contributed by atoms with Gasteiger partial charge in [-0.2, -0.15) is 0 Å². The maximum Gasteiger partial charge on any atom is 0.119 e. The van der Waals surface area contributed by atoms with E-state index in [-0.39, 0.29) is 0 Å². The van der Waals surface area contributed by atoms with Crippen molar-refractivity contribution in [1.82, 2.24) is 0 Å². The smallest absolute Gasteiger partial charge is 0.119 e. The summed E-state index contributed by atoms with van der Waals surface area (Å²) in [5.74, 6) is 0.314. The standard InChI is InChI=1S/C11H13ClO/c1-3-10(12)7-9-5-4-6-11(13)8(9)2/h4-7,13H,3H2,1-2H3. The summed E-state index contributed by atoms with van der Waals surface area (Å²) in [7, 11) is 0. The first-order valence-electron chi connectivity index (χ1n) is 4.29. The summed E-state index contributed by atoms with van der Waals surface area (Å²) in [6.07, 6.45) is 2.70. The van der Waals surface area contributed by atoms with Gasteiger partial charge < -0.3 is 5.11 Å². The van der Waals surface area contributed by atoms with Crippen LogP contribution in [0.1, 0.15) is 24.5 Å². The van der Waals surface area contributed by atoms with Crippen LogP contribution in [0.2, 0.25) is 0 Å². The molecule has 0 amide bonds. The molecule has 13 heavy (non-hydrogen) atoms. The SMILES string of the molecule is CCC(Cl)=Cc1cccc(O)c1C. The molecule has 0 atom stereocenters. The summed E-state index contributed by atoms with van der Waals surface area (Å²) < 4.78 is 0. The number of allylic oxidation sites excluding steroid dienone is 1. The van der Waals surface area contributed by atoms with E-state index in [0.717, 1.165) is 22.6 Å². The zero-order valence-electron chi connectivity index (χ0n) is 7.84. The highest BCUT2D eigenvalue weighted by Gasteiger charge is 1.99. The van der Waals surface area contributed by atoms with Crippen molar-refractivity contribution >= 4 is 17.7 Å². The highest BCUT2D eigenvalue weighted by molar-refractivity contribution is 6.31. The first-order chi connectivity index (χ1) is 6.15. The monoisotopic (exact) mass is 196 g/mol. The van der Waals surface area contributed by atoms with E-state index in [1.807, 2.05) is 32.1 Å². The Morgan fingerprint density at radius 3 is 2.85 bits per heavy atom. The lowest BCUT2D eigenvalue weighted by molar-refractivity contribution is 0.471. The lowest BCUT2D eigenvalue weighted by atomic mass is 10.1. The number of hydrogen-bond donors (Lipinski definition) is 1. The van der Waals surface area contributed by atoms with Crippen molar-refractivity contribution in [2.45, 2.75) is 20.3 Å². The zero-order valence-corrected chi connectivity index (χ0v) is 8.60. The Kier molecular flexibility index (Phi) is 3.38. The Labute approximate surface area is 83.7 Å². The maximum absolute atomic E-state index is 9.41. The van der Waals surface area contributed by atoms with Gasteiger partial charge >= 0.3 is 0 Å². The van der Waals surface area contributed by atoms with Crippen LogP contribution in [-0.2, 0) is 0 Å². The number of phenols is 1. The Bertz CT molecular complexity index is 329. The van der Waals surface area contributed by atoms with Crippen molar-refractivity contribution in [2.75, 3.05) is 0 Å². The maximum atomic E-state index is 9.41. The topological polar surface area (TPSA) is 20.2 Å². The molecule has 1 rings (SSSR count). The molecule has 0 aliphatic heterocycles. The summed E-state index contributed by atoms with van der Waals surface area (Å²) in [5.41, 5.74) is 1.85. The van der Waals surface area contributed by atoms with Gasteiger partial charge in [-0.3, -0.25) is 0 Å². The number of phenolic OH excluding ortho intramolecular Hbond substituents is 1. The van der Waals surface area contributed by atoms with Gasteiger partial charge in [0.25, 0.3) is 0 Å². The van der Waals surface area contributed by atoms with Crippen molar-refractivity contribution in [1.29, 1.82) is 0 Å². The van der Waals surface area contributed by atoms with Gasteiger partial charge in [-0.1, -0.05) is 30.7 Å². The molecule has 0 bridgehead atoms. The fraction of sp³-hybridized carbons (Fsp3) is 0.273. The molecule has 1 aromatic carbocycles. The van der Waals surface area contributed by atoms with E-state index in [0.29, 0.717) is 5.75 Å². The normalized spacial score (nSPS) is 11.8. The Balaban J connectivity index is 3.09. The molecular formula is C11H13ClO. The average molecular weight is 197 g/mol. The molecule has 0 saturated carbocycles. The molecule has 1 aromatic rings. The third kappa shape index (κ3) is 2.49. The van der Waals surface area contributed by atoms with Crippen LogP contribution < -0.4 is 0 Å². The molecule has 0 unspecified atom stereocenters. The highest BCUT2D eigenvalue weighted by atomic mass is 35.5. The molecule has 0 fully saturated rings. The molecule has 0 radical (unpaired) electrons. The second-order valence-electron chi connectivity index (χ2n) is 2.94. The zero-order chi connectivity index (χ0) is 9.84. The van der Waals surface area contributed by atoms with Gasteiger partial charge in [0.15, 0.2) is 0 Å². The summed E-state index contributed by atoms with van der Waals surface area (Å²) >= 11 is 5.90. The minimum Gasteiger partial charge on any atom is -0.508 e. The van der Waals surface area contributed by atoms with E-state index in [9.17, 15) is 5.11 Å². The number of aromatic hydroxyl groups is 1. The summed E-state index contributed by atoms with van der Waals surface area (Å²) in [5, 5.41) is 10.2. The number of benzene rings is 1. The number of rotatable bonds is 2. The largest absolute Gasteiger partial charge is 0.508 e. The molecule has 0 saturated heterocycles. The summed E-state index contributed by atoms with van der Waals surface area (Å²) in [6, 6.07) is 5.42. The molecule has 0 aliphatic carbocycles. The fourth-order valence-corrected chi connectivity index (χ4v) is 1.19. The molecule has 0 heterocycles. The van der Waals surface area contributed by atoms with Crippen molar-refractivity contribution in [3.05, 3.63) is 34.4 Å². The average Bonchev–Trinajstić information content (AvgIpc) is 2.13. The van der Waals surface area contributed by atoms with E-state index in [1.54, 1.807) is 6.07 Å². The van der Waals surface area contributed by atoms with Crippen molar-refractivity contribution in [2.24, 2.45) is 0 Å². The third-order valence-electron chi connectivity index (χ3n) is 2.00. The lowest BCUT2D eigenvalue weighted by Gasteiger charge is -2.03. The van der Waals surface area contributed by atoms with Crippen molar-refractivity contribution in [3.8, 4) is 5.75 Å². The van der Waals surface area contributed by atoms with Crippen LogP contribution in [0, 0.1) is 6.92 Å². The van der Waals surface area contributed by atoms with Crippen LogP contribution in [0.5, 0.6) is 5.75 Å². The van der Waals surface area contributed by atoms with Crippen LogP contribution in [-0.4, -0.2) is 5.11 Å². The predicted molar refractivity (Wildman–Crippen MR) is 57.0 cm³/mol. The van der Waals surface area contributed by atoms with E-state index >= 15 is 0 Å². The number of hydrogen-bond acceptors (Lipinski definition) is 1. The van der Waals surface area contributed by atoms with E-state index in [4.69, 9.17) is 11.6 Å². The second-order valence-corrected chi connectivity index (χ2v) is 3.42. The second kappa shape index (κ2) is 4.33. The molecular weight excluding hydrogens is 184 g/mol. The van der Waals surface area contributed by atoms with E-state index in [1.165, 1.54) is 0 Å². The molecule has 2 heteroatoms. The quantitative estimate of drug-likeness (QED) is 0.765. The molecule has 0 aliphatic rings. The minimum atomic E-state index is 0.314. The first kappa shape index (κ1) is 10.1. The van der Waals surface area contributed by atoms with Gasteiger partial charge in [0.1, 0.15) is 5.75 Å². The molecule has 1 N–H and O–H groups in total. The highest BCUT2D eigenvalue weighted by Crippen LogP contribution is 2.23. The van der Waals surface area contributed by atoms with Crippen LogP contribution in [0.3, 0.4) is 0 Å². The summed E-state index contributed by atoms with van der Waals surface area (Å²) in [4.78, 5) is 0. The van der Waals surface area contributed by atoms with Gasteiger partial charge in [0.2, 0.25) is 0 Å². The Hall–Kier alpha value is -0.950. The predicted octanol–water partition coefficient (Wildman–Crippen LogP) is 3.69. The van der Waals surface area contributed by atoms with Gasteiger partial charge in [-0.15, -0.1) is 0 Å². The van der Waals surface area contributed by atoms with Gasteiger partial charge in [-0.25, -0.2) is 0 Å². The molecule has 70 valence electrons. The van der Waals surface area contributed by atoms with E-state index < -0.39 is 0 Å². The minimum absolute atomic E-state index is 0.314. The van der Waals surface area contributed by atoms with Crippen molar-refractivity contribution in [3.63, 3.8) is 0 Å². The van der Waals surface area contributed by atoms with Crippen LogP contribution in [0.4, 0.5) is 0 Å². The Morgan fingerprint density at radius 2 is 2.23 bits per heavy atom. The Morgan fingerprint density at radius 1 is 1.54 bits per heavy atom. The lowest BCUT2D eigenvalue weighted by Crippen LogP contribution is -1.81. The van der Waals surface area contributed by atoms with Crippen molar-refractivity contribution < 1.29 is 5.11 Å². The van der Waals surface area contributed by atoms with Crippen LogP contribution >= 0.6 is 11.6 Å². The summed E-state index contributed by atoms with van der Waals surface area (Å²) in [6.45, 7) is 3.87. The molecule has 0 aromatic heterocycles.